The third-order valence-electron chi connectivity index (χ3n) is 7.35. The summed E-state index contributed by atoms with van der Waals surface area (Å²) in [4.78, 5) is 69.4. The Balaban J connectivity index is 1.58. The second-order valence-corrected chi connectivity index (χ2v) is 9.75. The van der Waals surface area contributed by atoms with Crippen LogP contribution in [0.15, 0.2) is 0 Å². The second kappa shape index (κ2) is 10.3. The molecule has 188 valence electrons. The predicted molar refractivity (Wildman–Crippen MR) is 118 cm³/mol. The van der Waals surface area contributed by atoms with Gasteiger partial charge in [0.25, 0.3) is 0 Å². The first-order valence-corrected chi connectivity index (χ1v) is 12.3. The predicted octanol–water partition coefficient (Wildman–Crippen LogP) is -0.980. The van der Waals surface area contributed by atoms with Gasteiger partial charge in [-0.15, -0.1) is 0 Å². The molecule has 0 spiro atoms. The number of carbonyl (C=O) groups is 5. The molecule has 5 unspecified atom stereocenters. The number of cyclic esters (lactones) is 1. The molecule has 4 aliphatic rings. The van der Waals surface area contributed by atoms with E-state index < -0.39 is 42.0 Å². The van der Waals surface area contributed by atoms with Crippen molar-refractivity contribution in [3.63, 3.8) is 0 Å². The van der Waals surface area contributed by atoms with E-state index >= 15 is 0 Å². The third kappa shape index (κ3) is 4.89. The van der Waals surface area contributed by atoms with Crippen LogP contribution >= 0.6 is 0 Å². The van der Waals surface area contributed by atoms with E-state index in [1.54, 1.807) is 6.92 Å². The van der Waals surface area contributed by atoms with Crippen LogP contribution in [0.25, 0.3) is 0 Å². The molecule has 11 nitrogen and oxygen atoms in total. The van der Waals surface area contributed by atoms with Crippen molar-refractivity contribution in [3.8, 4) is 0 Å². The van der Waals surface area contributed by atoms with Crippen molar-refractivity contribution in [2.45, 2.75) is 76.1 Å². The van der Waals surface area contributed by atoms with Crippen LogP contribution in [-0.2, 0) is 28.7 Å². The van der Waals surface area contributed by atoms with Crippen LogP contribution in [0.4, 0.5) is 0 Å². The fourth-order valence-electron chi connectivity index (χ4n) is 5.48. The van der Waals surface area contributed by atoms with Crippen molar-refractivity contribution in [1.29, 1.82) is 0 Å². The van der Waals surface area contributed by atoms with Crippen molar-refractivity contribution < 1.29 is 33.8 Å². The molecular weight excluding hydrogens is 444 g/mol. The molecule has 4 heterocycles. The molecule has 0 aromatic rings. The summed E-state index contributed by atoms with van der Waals surface area (Å²) in [5.41, 5.74) is 0. The van der Waals surface area contributed by atoms with Crippen molar-refractivity contribution in [2.75, 3.05) is 32.8 Å². The number of rotatable bonds is 0. The van der Waals surface area contributed by atoms with Crippen LogP contribution in [0.1, 0.15) is 51.9 Å². The molecule has 0 aromatic carbocycles. The van der Waals surface area contributed by atoms with Crippen LogP contribution in [0.2, 0.25) is 0 Å². The summed E-state index contributed by atoms with van der Waals surface area (Å²) in [6.07, 6.45) is 2.36. The molecular formula is C23H34N4O7. The minimum atomic E-state index is -0.854. The maximum absolute atomic E-state index is 13.4. The van der Waals surface area contributed by atoms with Gasteiger partial charge in [-0.1, -0.05) is 6.92 Å². The van der Waals surface area contributed by atoms with E-state index in [1.807, 2.05) is 0 Å². The molecule has 34 heavy (non-hydrogen) atoms. The molecule has 0 bridgehead atoms. The van der Waals surface area contributed by atoms with Gasteiger partial charge in [0.15, 0.2) is 0 Å². The molecule has 0 radical (unpaired) electrons. The van der Waals surface area contributed by atoms with Crippen LogP contribution in [-0.4, -0.2) is 106 Å². The number of amides is 4. The average molecular weight is 479 g/mol. The lowest BCUT2D eigenvalue weighted by Crippen LogP contribution is -2.57. The van der Waals surface area contributed by atoms with E-state index in [0.29, 0.717) is 32.4 Å². The van der Waals surface area contributed by atoms with Gasteiger partial charge in [0.05, 0.1) is 18.4 Å². The molecule has 0 saturated carbocycles. The standard InChI is InChI=1S/C23H34N4O7/c1-14-12-24-20(30)16-5-2-3-8-25(16)22(32)18-11-15(28)13-27(18)19(29)7-10-34-23(33)17-6-4-9-26(17)21(14)31/h14-18,28H,2-13H2,1H3,(H,24,30). The lowest BCUT2D eigenvalue weighted by atomic mass is 9.99. The van der Waals surface area contributed by atoms with Crippen LogP contribution < -0.4 is 5.32 Å². The Bertz CT molecular complexity index is 849. The monoisotopic (exact) mass is 478 g/mol. The smallest absolute Gasteiger partial charge is 0.328 e. The SMILES string of the molecule is CC1CNC(=O)C2CCCCN2C(=O)C2CC(O)CN2C(=O)CCOC(=O)C2CCCN2C1=O. The minimum Gasteiger partial charge on any atom is -0.464 e. The quantitative estimate of drug-likeness (QED) is 0.427. The topological polar surface area (TPSA) is 137 Å². The Kier molecular flexibility index (Phi) is 7.39. The fourth-order valence-corrected chi connectivity index (χ4v) is 5.48. The molecule has 4 fully saturated rings. The molecule has 4 amide bonds. The number of nitrogens with one attached hydrogen (secondary N) is 1. The Labute approximate surface area is 198 Å². The summed E-state index contributed by atoms with van der Waals surface area (Å²) >= 11 is 0. The number of hydrogen-bond acceptors (Lipinski definition) is 7. The number of aliphatic hydroxyl groups excluding tert-OH is 1. The number of piperidine rings is 1. The normalized spacial score (nSPS) is 34.2. The van der Waals surface area contributed by atoms with Gasteiger partial charge in [0, 0.05) is 32.6 Å². The Morgan fingerprint density at radius 3 is 2.38 bits per heavy atom. The molecule has 0 aliphatic carbocycles. The zero-order valence-corrected chi connectivity index (χ0v) is 19.6. The molecule has 11 heteroatoms. The summed E-state index contributed by atoms with van der Waals surface area (Å²) in [5, 5.41) is 13.0. The summed E-state index contributed by atoms with van der Waals surface area (Å²) < 4.78 is 5.33. The largest absolute Gasteiger partial charge is 0.464 e. The number of aliphatic hydroxyl groups is 1. The average Bonchev–Trinajstić information content (AvgIpc) is 3.47. The Hall–Kier alpha value is -2.69. The lowest BCUT2D eigenvalue weighted by molar-refractivity contribution is -0.155. The van der Waals surface area contributed by atoms with E-state index in [0.717, 1.165) is 12.8 Å². The Morgan fingerprint density at radius 1 is 0.882 bits per heavy atom. The summed E-state index contributed by atoms with van der Waals surface area (Å²) in [5.74, 6) is -2.39. The van der Waals surface area contributed by atoms with Crippen molar-refractivity contribution >= 4 is 29.6 Å². The van der Waals surface area contributed by atoms with Crippen molar-refractivity contribution in [3.05, 3.63) is 0 Å². The molecule has 2 N–H and O–H groups in total. The highest BCUT2D eigenvalue weighted by Gasteiger charge is 2.44. The number of nitrogens with zero attached hydrogens (tertiary/aromatic N) is 3. The molecule has 4 rings (SSSR count). The maximum Gasteiger partial charge on any atom is 0.328 e. The Morgan fingerprint density at radius 2 is 1.59 bits per heavy atom. The van der Waals surface area contributed by atoms with Gasteiger partial charge in [0.1, 0.15) is 24.7 Å². The fraction of sp³-hybridized carbons (Fsp3) is 0.783. The number of carbonyl (C=O) groups excluding carboxylic acids is 5. The third-order valence-corrected chi connectivity index (χ3v) is 7.35. The van der Waals surface area contributed by atoms with Crippen molar-refractivity contribution in [2.24, 2.45) is 5.92 Å². The lowest BCUT2D eigenvalue weighted by Gasteiger charge is -2.38. The summed E-state index contributed by atoms with van der Waals surface area (Å²) in [7, 11) is 0. The first-order chi connectivity index (χ1) is 16.3. The van der Waals surface area contributed by atoms with E-state index in [1.165, 1.54) is 14.7 Å². The highest BCUT2D eigenvalue weighted by atomic mass is 16.5. The first-order valence-electron chi connectivity index (χ1n) is 12.3. The highest BCUT2D eigenvalue weighted by Crippen LogP contribution is 2.26. The van der Waals surface area contributed by atoms with Gasteiger partial charge < -0.3 is 29.9 Å². The second-order valence-electron chi connectivity index (χ2n) is 9.75. The van der Waals surface area contributed by atoms with Gasteiger partial charge in [-0.3, -0.25) is 19.2 Å². The van der Waals surface area contributed by atoms with Crippen molar-refractivity contribution in [1.82, 2.24) is 20.0 Å². The zero-order valence-electron chi connectivity index (χ0n) is 19.6. The highest BCUT2D eigenvalue weighted by molar-refractivity contribution is 5.93. The number of fused-ring (bicyclic) bond motifs is 3. The molecule has 4 saturated heterocycles. The van der Waals surface area contributed by atoms with Gasteiger partial charge in [-0.2, -0.15) is 0 Å². The summed E-state index contributed by atoms with van der Waals surface area (Å²) in [6, 6.07) is -2.24. The van der Waals surface area contributed by atoms with E-state index in [2.05, 4.69) is 5.32 Å². The van der Waals surface area contributed by atoms with E-state index in [-0.39, 0.29) is 50.3 Å². The van der Waals surface area contributed by atoms with Gasteiger partial charge in [-0.05, 0) is 32.1 Å². The summed E-state index contributed by atoms with van der Waals surface area (Å²) in [6.45, 7) is 2.50. The maximum atomic E-state index is 13.4. The molecule has 5 atom stereocenters. The zero-order chi connectivity index (χ0) is 24.4. The number of esters is 1. The van der Waals surface area contributed by atoms with Crippen LogP contribution in [0.3, 0.4) is 0 Å². The number of hydrogen-bond donors (Lipinski definition) is 2. The van der Waals surface area contributed by atoms with E-state index in [9.17, 15) is 29.1 Å². The molecule has 0 aromatic heterocycles. The van der Waals surface area contributed by atoms with Gasteiger partial charge in [-0.25, -0.2) is 4.79 Å². The van der Waals surface area contributed by atoms with Gasteiger partial charge >= 0.3 is 5.97 Å². The number of ether oxygens (including phenoxy) is 1. The van der Waals surface area contributed by atoms with E-state index in [4.69, 9.17) is 4.74 Å². The van der Waals surface area contributed by atoms with Crippen LogP contribution in [0, 0.1) is 5.92 Å². The van der Waals surface area contributed by atoms with Crippen LogP contribution in [0.5, 0.6) is 0 Å². The molecule has 4 aliphatic heterocycles. The minimum absolute atomic E-state index is 0.0241. The first kappa shape index (κ1) is 24.4. The van der Waals surface area contributed by atoms with Gasteiger partial charge in [0.2, 0.25) is 23.6 Å².